The van der Waals surface area contributed by atoms with E-state index in [9.17, 15) is 4.79 Å². The van der Waals surface area contributed by atoms with Crippen molar-refractivity contribution in [3.63, 3.8) is 0 Å². The van der Waals surface area contributed by atoms with Gasteiger partial charge in [0.25, 0.3) is 0 Å². The largest absolute Gasteiger partial charge is 0.327 e. The van der Waals surface area contributed by atoms with Crippen LogP contribution < -0.4 is 5.32 Å². The Morgan fingerprint density at radius 3 is 2.73 bits per heavy atom. The lowest BCUT2D eigenvalue weighted by atomic mass is 10.2. The third-order valence-electron chi connectivity index (χ3n) is 3.95. The molecule has 0 spiro atoms. The fourth-order valence-corrected chi connectivity index (χ4v) is 3.42. The summed E-state index contributed by atoms with van der Waals surface area (Å²) < 4.78 is 1.98. The molecule has 0 aliphatic heterocycles. The second kappa shape index (κ2) is 6.93. The molecule has 0 aliphatic carbocycles. The molecule has 130 valence electrons. The number of benzene rings is 2. The summed E-state index contributed by atoms with van der Waals surface area (Å²) in [4.78, 5) is 16.7. The molecule has 0 atom stereocenters. The number of aromatic nitrogens is 4. The van der Waals surface area contributed by atoms with Crippen LogP contribution in [0, 0.1) is 0 Å². The summed E-state index contributed by atoms with van der Waals surface area (Å²) in [5, 5.41) is 13.4. The zero-order valence-electron chi connectivity index (χ0n) is 13.8. The lowest BCUT2D eigenvalue weighted by Gasteiger charge is -2.04. The van der Waals surface area contributed by atoms with Gasteiger partial charge >= 0.3 is 0 Å². The first-order chi connectivity index (χ1) is 12.6. The molecule has 4 rings (SSSR count). The Balaban J connectivity index is 1.50. The Morgan fingerprint density at radius 1 is 1.15 bits per heavy atom. The number of rotatable bonds is 4. The van der Waals surface area contributed by atoms with Crippen LogP contribution in [0.25, 0.3) is 22.1 Å². The van der Waals surface area contributed by atoms with Crippen LogP contribution in [0.3, 0.4) is 0 Å². The number of carbonyl (C=O) groups excluding carboxylic acids is 1. The maximum absolute atomic E-state index is 12.1. The molecule has 1 amide bonds. The van der Waals surface area contributed by atoms with Gasteiger partial charge in [-0.05, 0) is 30.3 Å². The highest BCUT2D eigenvalue weighted by molar-refractivity contribution is 7.99. The van der Waals surface area contributed by atoms with E-state index in [1.54, 1.807) is 24.3 Å². The number of nitrogens with one attached hydrogen (secondary N) is 1. The number of hydrogen-bond acceptors (Lipinski definition) is 5. The summed E-state index contributed by atoms with van der Waals surface area (Å²) >= 11 is 7.09. The smallest absolute Gasteiger partial charge is 0.234 e. The molecule has 0 fully saturated rings. The van der Waals surface area contributed by atoms with Gasteiger partial charge in [-0.15, -0.1) is 10.2 Å². The Kier molecular flexibility index (Phi) is 4.48. The maximum atomic E-state index is 12.1. The standard InChI is InChI=1S/C18H14ClN5OS/c1-24-14-5-3-2-4-13(14)16-17(24)21-18(23-22-16)26-10-15(25)20-12-8-6-11(19)7-9-12/h2-9H,10H2,1H3,(H,20,25). The second-order valence-electron chi connectivity index (χ2n) is 5.69. The van der Waals surface area contributed by atoms with Crippen molar-refractivity contribution < 1.29 is 4.79 Å². The molecule has 6 nitrogen and oxygen atoms in total. The van der Waals surface area contributed by atoms with Gasteiger partial charge in [0.15, 0.2) is 5.65 Å². The molecule has 0 radical (unpaired) electrons. The van der Waals surface area contributed by atoms with Gasteiger partial charge in [-0.3, -0.25) is 4.79 Å². The monoisotopic (exact) mass is 383 g/mol. The average Bonchev–Trinajstić information content (AvgIpc) is 2.94. The van der Waals surface area contributed by atoms with Gasteiger partial charge in [-0.1, -0.05) is 41.6 Å². The van der Waals surface area contributed by atoms with Crippen LogP contribution in [-0.2, 0) is 11.8 Å². The van der Waals surface area contributed by atoms with Crippen molar-refractivity contribution in [3.05, 3.63) is 53.6 Å². The quantitative estimate of drug-likeness (QED) is 0.541. The number of amides is 1. The normalized spacial score (nSPS) is 11.2. The number of para-hydroxylation sites is 1. The van der Waals surface area contributed by atoms with Crippen LogP contribution in [0.2, 0.25) is 5.02 Å². The number of aryl methyl sites for hydroxylation is 1. The first-order valence-corrected chi connectivity index (χ1v) is 9.24. The number of carbonyl (C=O) groups is 1. The predicted octanol–water partition coefficient (Wildman–Crippen LogP) is 3.90. The van der Waals surface area contributed by atoms with E-state index in [0.717, 1.165) is 22.1 Å². The van der Waals surface area contributed by atoms with Gasteiger partial charge in [0.1, 0.15) is 5.52 Å². The molecule has 0 saturated heterocycles. The van der Waals surface area contributed by atoms with Gasteiger partial charge in [-0.2, -0.15) is 0 Å². The van der Waals surface area contributed by atoms with Crippen molar-refractivity contribution in [1.29, 1.82) is 0 Å². The topological polar surface area (TPSA) is 72.7 Å². The molecule has 1 N–H and O–H groups in total. The van der Waals surface area contributed by atoms with Crippen molar-refractivity contribution in [2.45, 2.75) is 5.16 Å². The van der Waals surface area contributed by atoms with Crippen LogP contribution >= 0.6 is 23.4 Å². The molecular weight excluding hydrogens is 370 g/mol. The van der Waals surface area contributed by atoms with Gasteiger partial charge in [0.05, 0.1) is 11.3 Å². The summed E-state index contributed by atoms with van der Waals surface area (Å²) in [5.74, 6) is 0.0535. The van der Waals surface area contributed by atoms with Crippen molar-refractivity contribution in [2.75, 3.05) is 11.1 Å². The third-order valence-corrected chi connectivity index (χ3v) is 5.04. The molecular formula is C18H14ClN5OS. The highest BCUT2D eigenvalue weighted by atomic mass is 35.5. The third kappa shape index (κ3) is 3.23. The Bertz CT molecular complexity index is 1110. The molecule has 4 aromatic rings. The highest BCUT2D eigenvalue weighted by Crippen LogP contribution is 2.25. The lowest BCUT2D eigenvalue weighted by molar-refractivity contribution is -0.113. The first kappa shape index (κ1) is 16.8. The summed E-state index contributed by atoms with van der Waals surface area (Å²) in [6.45, 7) is 0. The molecule has 0 aliphatic rings. The second-order valence-corrected chi connectivity index (χ2v) is 7.07. The molecule has 0 saturated carbocycles. The molecule has 2 aromatic carbocycles. The van der Waals surface area contributed by atoms with Crippen molar-refractivity contribution in [3.8, 4) is 0 Å². The van der Waals surface area contributed by atoms with Crippen molar-refractivity contribution >= 4 is 57.0 Å². The van der Waals surface area contributed by atoms with Crippen LogP contribution in [0.15, 0.2) is 53.7 Å². The van der Waals surface area contributed by atoms with E-state index in [4.69, 9.17) is 11.6 Å². The number of thioether (sulfide) groups is 1. The SMILES string of the molecule is Cn1c2ccccc2c2nnc(SCC(=O)Nc3ccc(Cl)cc3)nc21. The van der Waals surface area contributed by atoms with E-state index >= 15 is 0 Å². The molecule has 26 heavy (non-hydrogen) atoms. The minimum Gasteiger partial charge on any atom is -0.327 e. The van der Waals surface area contributed by atoms with Crippen LogP contribution in [0.4, 0.5) is 5.69 Å². The molecule has 0 unspecified atom stereocenters. The number of hydrogen-bond donors (Lipinski definition) is 1. The van der Waals surface area contributed by atoms with Gasteiger partial charge in [-0.25, -0.2) is 4.98 Å². The summed E-state index contributed by atoms with van der Waals surface area (Å²) in [6, 6.07) is 14.9. The predicted molar refractivity (Wildman–Crippen MR) is 105 cm³/mol. The minimum absolute atomic E-state index is 0.141. The Morgan fingerprint density at radius 2 is 1.92 bits per heavy atom. The highest BCUT2D eigenvalue weighted by Gasteiger charge is 2.13. The van der Waals surface area contributed by atoms with E-state index in [1.165, 1.54) is 11.8 Å². The van der Waals surface area contributed by atoms with Crippen LogP contribution in [-0.4, -0.2) is 31.4 Å². The van der Waals surface area contributed by atoms with E-state index < -0.39 is 0 Å². The van der Waals surface area contributed by atoms with E-state index in [1.807, 2.05) is 35.9 Å². The fraction of sp³-hybridized carbons (Fsp3) is 0.111. The molecule has 0 bridgehead atoms. The van der Waals surface area contributed by atoms with Gasteiger partial charge < -0.3 is 9.88 Å². The summed E-state index contributed by atoms with van der Waals surface area (Å²) in [6.07, 6.45) is 0. The molecule has 8 heteroatoms. The molecule has 2 heterocycles. The van der Waals surface area contributed by atoms with Crippen molar-refractivity contribution in [1.82, 2.24) is 19.7 Å². The van der Waals surface area contributed by atoms with Crippen LogP contribution in [0.1, 0.15) is 0 Å². The summed E-state index contributed by atoms with van der Waals surface area (Å²) in [5.41, 5.74) is 3.26. The summed E-state index contributed by atoms with van der Waals surface area (Å²) in [7, 11) is 1.95. The lowest BCUT2D eigenvalue weighted by Crippen LogP contribution is -2.14. The Labute approximate surface area is 158 Å². The number of anilines is 1. The molecule has 2 aromatic heterocycles. The van der Waals surface area contributed by atoms with E-state index in [-0.39, 0.29) is 11.7 Å². The zero-order valence-corrected chi connectivity index (χ0v) is 15.4. The minimum atomic E-state index is -0.141. The number of nitrogens with zero attached hydrogens (tertiary/aromatic N) is 4. The maximum Gasteiger partial charge on any atom is 0.234 e. The van der Waals surface area contributed by atoms with Crippen molar-refractivity contribution in [2.24, 2.45) is 7.05 Å². The fourth-order valence-electron chi connectivity index (χ4n) is 2.71. The van der Waals surface area contributed by atoms with Gasteiger partial charge in [0.2, 0.25) is 11.1 Å². The van der Waals surface area contributed by atoms with E-state index in [0.29, 0.717) is 15.9 Å². The number of halogens is 1. The average molecular weight is 384 g/mol. The van der Waals surface area contributed by atoms with Crippen LogP contribution in [0.5, 0.6) is 0 Å². The number of fused-ring (bicyclic) bond motifs is 3. The van der Waals surface area contributed by atoms with Gasteiger partial charge in [0, 0.05) is 23.1 Å². The van der Waals surface area contributed by atoms with E-state index in [2.05, 4.69) is 20.5 Å². The first-order valence-electron chi connectivity index (χ1n) is 7.88. The Hall–Kier alpha value is -2.64. The zero-order chi connectivity index (χ0) is 18.1.